The molecular weight excluding hydrogens is 436 g/mol. The molecule has 6 nitrogen and oxygen atoms in total. The molecule has 2 amide bonds. The van der Waals surface area contributed by atoms with E-state index in [1.165, 1.54) is 11.3 Å². The van der Waals surface area contributed by atoms with Crippen molar-refractivity contribution < 1.29 is 12.4 Å². The van der Waals surface area contributed by atoms with Crippen molar-refractivity contribution in [1.29, 1.82) is 0 Å². The van der Waals surface area contributed by atoms with Crippen LogP contribution >= 0.6 is 0 Å². The van der Waals surface area contributed by atoms with Crippen molar-refractivity contribution in [1.82, 2.24) is 4.90 Å². The number of carbonyl (C=O) groups excluding carboxylic acids is 2. The van der Waals surface area contributed by atoms with E-state index < -0.39 is 0 Å². The van der Waals surface area contributed by atoms with Crippen molar-refractivity contribution in [3.8, 4) is 0 Å². The summed E-state index contributed by atoms with van der Waals surface area (Å²) in [5, 5.41) is 5.98. The molecule has 2 aliphatic rings. The molecule has 4 rings (SSSR count). The number of nitrogens with one attached hydrogen (secondary N) is 2. The van der Waals surface area contributed by atoms with E-state index in [0.717, 1.165) is 25.2 Å². The third kappa shape index (κ3) is 5.59. The van der Waals surface area contributed by atoms with E-state index in [1.54, 1.807) is 24.3 Å². The molecule has 2 N–H and O–H groups in total. The summed E-state index contributed by atoms with van der Waals surface area (Å²) in [6.07, 6.45) is 3.35. The van der Waals surface area contributed by atoms with E-state index >= 15 is 0 Å². The number of allylic oxidation sites excluding steroid dienone is 2. The van der Waals surface area contributed by atoms with Gasteiger partial charge in [0.15, 0.2) is 0 Å². The van der Waals surface area contributed by atoms with Crippen molar-refractivity contribution >= 4 is 28.9 Å². The van der Waals surface area contributed by atoms with Gasteiger partial charge in [-0.1, -0.05) is 25.5 Å². The van der Waals surface area contributed by atoms with Gasteiger partial charge in [-0.3, -0.25) is 9.59 Å². The number of likely N-dealkylation sites (N-methyl/N-ethyl adjacent to an activating group) is 1. The van der Waals surface area contributed by atoms with Crippen LogP contribution in [-0.2, 0) is 4.79 Å². The number of nitrogens with zero attached hydrogens (tertiary/aromatic N) is 2. The Morgan fingerprint density at radius 1 is 1.00 bits per heavy atom. The van der Waals surface area contributed by atoms with Gasteiger partial charge in [0.1, 0.15) is 0 Å². The lowest BCUT2D eigenvalue weighted by atomic mass is 10.1. The van der Waals surface area contributed by atoms with E-state index in [4.69, 9.17) is 0 Å². The predicted octanol–water partition coefficient (Wildman–Crippen LogP) is 5.75. The smallest absolute Gasteiger partial charge is 0.255 e. The van der Waals surface area contributed by atoms with Gasteiger partial charge >= 0.3 is 0 Å². The Labute approximate surface area is 212 Å². The number of anilines is 3. The molecule has 0 aromatic heterocycles. The summed E-state index contributed by atoms with van der Waals surface area (Å²) >= 11 is 0. The van der Waals surface area contributed by atoms with Crippen LogP contribution in [0.5, 0.6) is 0 Å². The summed E-state index contributed by atoms with van der Waals surface area (Å²) in [6.45, 7) is 10.5. The van der Waals surface area contributed by atoms with E-state index in [1.807, 2.05) is 12.1 Å². The highest BCUT2D eigenvalue weighted by Gasteiger charge is 2.60. The van der Waals surface area contributed by atoms with Crippen LogP contribution in [0.15, 0.2) is 60.2 Å². The van der Waals surface area contributed by atoms with Crippen LogP contribution in [0.3, 0.4) is 0 Å². The Balaban J connectivity index is 0.00000241. The first kappa shape index (κ1) is 25.0. The minimum Gasteiger partial charge on any atom is -0.370 e. The van der Waals surface area contributed by atoms with Gasteiger partial charge < -0.3 is 20.4 Å². The SMILES string of the molecule is CC(C)=CC1C(C(=O)Nc2ccc(C(=O)Nc3ccc(N4CCC(N(C)C)C4)cc3)cc2)C1(C)C.[HH].[HH]. The molecule has 3 unspecified atom stereocenters. The number of carbonyl (C=O) groups is 2. The molecule has 2 fully saturated rings. The van der Waals surface area contributed by atoms with Crippen molar-refractivity contribution in [3.05, 3.63) is 65.7 Å². The van der Waals surface area contributed by atoms with Gasteiger partial charge in [-0.25, -0.2) is 0 Å². The first-order chi connectivity index (χ1) is 16.6. The molecule has 1 saturated carbocycles. The zero-order valence-corrected chi connectivity index (χ0v) is 21.8. The van der Waals surface area contributed by atoms with E-state index in [-0.39, 0.29) is 31.9 Å². The highest BCUT2D eigenvalue weighted by Crippen LogP contribution is 2.59. The molecule has 35 heavy (non-hydrogen) atoms. The lowest BCUT2D eigenvalue weighted by Crippen LogP contribution is -2.31. The summed E-state index contributed by atoms with van der Waals surface area (Å²) in [5.74, 6) is 0.0996. The highest BCUT2D eigenvalue weighted by molar-refractivity contribution is 6.05. The topological polar surface area (TPSA) is 64.7 Å². The highest BCUT2D eigenvalue weighted by atomic mass is 16.2. The normalized spacial score (nSPS) is 22.6. The van der Waals surface area contributed by atoms with Crippen LogP contribution < -0.4 is 15.5 Å². The Kier molecular flexibility index (Phi) is 7.04. The molecular formula is C29H42N4O2. The molecule has 0 bridgehead atoms. The standard InChI is InChI=1S/C29H38N4O2.2H2/c1-19(2)17-25-26(29(25,3)4)28(35)31-21-9-7-20(8-10-21)27(34)30-22-11-13-23(14-12-22)33-16-15-24(18-33)32(5)6;;/h7-14,17,24-26H,15-16,18H2,1-6H3,(H,30,34)(H,31,35);2*1H. The van der Waals surface area contributed by atoms with Gasteiger partial charge in [-0.05, 0) is 94.2 Å². The fourth-order valence-corrected chi connectivity index (χ4v) is 5.13. The van der Waals surface area contributed by atoms with Crippen LogP contribution in [0, 0.1) is 17.3 Å². The first-order valence-electron chi connectivity index (χ1n) is 12.4. The summed E-state index contributed by atoms with van der Waals surface area (Å²) in [4.78, 5) is 30.2. The Hall–Kier alpha value is -3.12. The molecule has 1 aliphatic heterocycles. The zero-order chi connectivity index (χ0) is 25.3. The second-order valence-electron chi connectivity index (χ2n) is 11.0. The van der Waals surface area contributed by atoms with E-state index in [0.29, 0.717) is 17.3 Å². The van der Waals surface area contributed by atoms with E-state index in [2.05, 4.69) is 80.4 Å². The third-order valence-corrected chi connectivity index (χ3v) is 7.50. The monoisotopic (exact) mass is 478 g/mol. The Morgan fingerprint density at radius 2 is 1.60 bits per heavy atom. The maximum atomic E-state index is 12.8. The van der Waals surface area contributed by atoms with Gasteiger partial charge in [0, 0.05) is 44.6 Å². The quantitative estimate of drug-likeness (QED) is 0.498. The van der Waals surface area contributed by atoms with Crippen LogP contribution in [-0.4, -0.2) is 49.9 Å². The minimum absolute atomic E-state index is 0. The average molecular weight is 479 g/mol. The number of rotatable bonds is 7. The Bertz CT molecular complexity index is 1110. The fraction of sp³-hybridized carbons (Fsp3) is 0.448. The van der Waals surface area contributed by atoms with E-state index in [9.17, 15) is 9.59 Å². The van der Waals surface area contributed by atoms with Gasteiger partial charge in [-0.15, -0.1) is 0 Å². The summed E-state index contributed by atoms with van der Waals surface area (Å²) in [7, 11) is 4.25. The third-order valence-electron chi connectivity index (χ3n) is 7.50. The van der Waals surface area contributed by atoms with Crippen molar-refractivity contribution in [2.45, 2.75) is 40.2 Å². The van der Waals surface area contributed by atoms with Crippen molar-refractivity contribution in [3.63, 3.8) is 0 Å². The first-order valence-corrected chi connectivity index (χ1v) is 12.4. The largest absolute Gasteiger partial charge is 0.370 e. The molecule has 1 saturated heterocycles. The molecule has 190 valence electrons. The minimum atomic E-state index is -0.170. The number of amides is 2. The maximum Gasteiger partial charge on any atom is 0.255 e. The maximum absolute atomic E-state index is 12.8. The van der Waals surface area contributed by atoms with Crippen LogP contribution in [0.2, 0.25) is 0 Å². The predicted molar refractivity (Wildman–Crippen MR) is 148 cm³/mol. The molecule has 6 heteroatoms. The van der Waals surface area contributed by atoms with Crippen LogP contribution in [0.1, 0.15) is 47.3 Å². The van der Waals surface area contributed by atoms with Crippen LogP contribution in [0.25, 0.3) is 0 Å². The second-order valence-corrected chi connectivity index (χ2v) is 11.0. The average Bonchev–Trinajstić information content (AvgIpc) is 3.14. The van der Waals surface area contributed by atoms with Gasteiger partial charge in [0.25, 0.3) is 5.91 Å². The zero-order valence-electron chi connectivity index (χ0n) is 21.8. The number of benzene rings is 2. The fourth-order valence-electron chi connectivity index (χ4n) is 5.13. The van der Waals surface area contributed by atoms with Gasteiger partial charge in [0.05, 0.1) is 5.92 Å². The summed E-state index contributed by atoms with van der Waals surface area (Å²) in [6, 6.07) is 15.7. The molecule has 0 spiro atoms. The number of hydrogen-bond acceptors (Lipinski definition) is 4. The van der Waals surface area contributed by atoms with Crippen molar-refractivity contribution in [2.75, 3.05) is 42.7 Å². The second kappa shape index (κ2) is 9.86. The lowest BCUT2D eigenvalue weighted by Gasteiger charge is -2.22. The molecule has 1 heterocycles. The molecule has 2 aromatic carbocycles. The molecule has 1 aliphatic carbocycles. The molecule has 0 radical (unpaired) electrons. The summed E-state index contributed by atoms with van der Waals surface area (Å²) in [5.41, 5.74) is 4.40. The Morgan fingerprint density at radius 3 is 2.17 bits per heavy atom. The van der Waals surface area contributed by atoms with Crippen molar-refractivity contribution in [2.24, 2.45) is 17.3 Å². The van der Waals surface area contributed by atoms with Crippen LogP contribution in [0.4, 0.5) is 17.1 Å². The number of hydrogen-bond donors (Lipinski definition) is 2. The molecule has 2 aromatic rings. The van der Waals surface area contributed by atoms with Gasteiger partial charge in [-0.2, -0.15) is 0 Å². The lowest BCUT2D eigenvalue weighted by molar-refractivity contribution is -0.118. The molecule has 3 atom stereocenters. The summed E-state index contributed by atoms with van der Waals surface area (Å²) < 4.78 is 0. The van der Waals surface area contributed by atoms with Gasteiger partial charge in [0.2, 0.25) is 5.91 Å².